The molecule has 0 saturated carbocycles. The molecule has 122 valence electrons. The number of anilines is 1. The summed E-state index contributed by atoms with van der Waals surface area (Å²) in [4.78, 5) is 12.2. The number of nitriles is 1. The summed E-state index contributed by atoms with van der Waals surface area (Å²) in [6.45, 7) is 3.78. The van der Waals surface area contributed by atoms with Crippen LogP contribution in [0, 0.1) is 18.3 Å². The number of hydrogen-bond donors (Lipinski definition) is 3. The van der Waals surface area contributed by atoms with Gasteiger partial charge in [-0.15, -0.1) is 0 Å². The maximum atomic E-state index is 12.2. The first-order valence-corrected chi connectivity index (χ1v) is 7.64. The highest BCUT2D eigenvalue weighted by atomic mass is 16.1. The van der Waals surface area contributed by atoms with Gasteiger partial charge >= 0.3 is 0 Å². The second-order valence-corrected chi connectivity index (χ2v) is 5.38. The molecule has 0 aliphatic carbocycles. The molecule has 1 unspecified atom stereocenters. The van der Waals surface area contributed by atoms with Crippen LogP contribution in [-0.2, 0) is 0 Å². The molecule has 2 aromatic carbocycles. The lowest BCUT2D eigenvalue weighted by Gasteiger charge is -2.20. The lowest BCUT2D eigenvalue weighted by atomic mass is 10.1. The quantitative estimate of drug-likeness (QED) is 0.564. The molecule has 24 heavy (non-hydrogen) atoms. The first-order valence-electron chi connectivity index (χ1n) is 7.64. The van der Waals surface area contributed by atoms with Gasteiger partial charge in [-0.1, -0.05) is 35.9 Å². The van der Waals surface area contributed by atoms with Crippen molar-refractivity contribution in [2.24, 2.45) is 0 Å². The highest BCUT2D eigenvalue weighted by Crippen LogP contribution is 2.08. The molecule has 0 radical (unpaired) electrons. The fourth-order valence-electron chi connectivity index (χ4n) is 2.11. The SMILES string of the molecule is Cc1ccc(C(=O)NC(C)N/C(=C\C#N)Nc2ccccc2)cc1. The van der Waals surface area contributed by atoms with Crippen LogP contribution in [0.25, 0.3) is 0 Å². The zero-order valence-electron chi connectivity index (χ0n) is 13.7. The van der Waals surface area contributed by atoms with Crippen LogP contribution in [0.5, 0.6) is 0 Å². The Morgan fingerprint density at radius 2 is 1.75 bits per heavy atom. The largest absolute Gasteiger partial charge is 0.351 e. The first-order chi connectivity index (χ1) is 11.6. The van der Waals surface area contributed by atoms with E-state index in [1.165, 1.54) is 6.08 Å². The molecule has 5 nitrogen and oxygen atoms in total. The van der Waals surface area contributed by atoms with Crippen molar-refractivity contribution in [2.45, 2.75) is 20.0 Å². The standard InChI is InChI=1S/C19H20N4O/c1-14-8-10-16(11-9-14)19(24)22-15(2)21-18(12-13-20)23-17-6-4-3-5-7-17/h3-12,15,21,23H,1-2H3,(H,22,24)/b18-12+. The highest BCUT2D eigenvalue weighted by Gasteiger charge is 2.10. The van der Waals surface area contributed by atoms with Crippen LogP contribution in [0.3, 0.4) is 0 Å². The Morgan fingerprint density at radius 1 is 1.08 bits per heavy atom. The van der Waals surface area contributed by atoms with Crippen molar-refractivity contribution in [3.05, 3.63) is 77.6 Å². The van der Waals surface area contributed by atoms with E-state index in [0.717, 1.165) is 11.3 Å². The van der Waals surface area contributed by atoms with Crippen LogP contribution in [0.4, 0.5) is 5.69 Å². The van der Waals surface area contributed by atoms with Crippen molar-refractivity contribution < 1.29 is 4.79 Å². The third kappa shape index (κ3) is 5.18. The van der Waals surface area contributed by atoms with E-state index in [9.17, 15) is 4.79 Å². The van der Waals surface area contributed by atoms with Gasteiger partial charge < -0.3 is 16.0 Å². The summed E-state index contributed by atoms with van der Waals surface area (Å²) < 4.78 is 0. The van der Waals surface area contributed by atoms with Gasteiger partial charge in [0.2, 0.25) is 0 Å². The van der Waals surface area contributed by atoms with Gasteiger partial charge in [0.25, 0.3) is 5.91 Å². The minimum atomic E-state index is -0.352. The monoisotopic (exact) mass is 320 g/mol. The fraction of sp³-hybridized carbons (Fsp3) is 0.158. The smallest absolute Gasteiger partial charge is 0.252 e. The molecule has 0 aliphatic rings. The molecular weight excluding hydrogens is 300 g/mol. The summed E-state index contributed by atoms with van der Waals surface area (Å²) in [6, 6.07) is 18.8. The zero-order valence-corrected chi connectivity index (χ0v) is 13.7. The van der Waals surface area contributed by atoms with Crippen molar-refractivity contribution in [2.75, 3.05) is 5.32 Å². The Hall–Kier alpha value is -3.26. The number of allylic oxidation sites excluding steroid dienone is 1. The van der Waals surface area contributed by atoms with Crippen LogP contribution in [0.2, 0.25) is 0 Å². The molecular formula is C19H20N4O. The molecule has 0 saturated heterocycles. The van der Waals surface area contributed by atoms with Crippen molar-refractivity contribution in [3.63, 3.8) is 0 Å². The van der Waals surface area contributed by atoms with Crippen LogP contribution < -0.4 is 16.0 Å². The number of nitrogens with one attached hydrogen (secondary N) is 3. The number of hydrogen-bond acceptors (Lipinski definition) is 4. The van der Waals surface area contributed by atoms with Crippen molar-refractivity contribution in [1.29, 1.82) is 5.26 Å². The molecule has 1 amide bonds. The summed E-state index contributed by atoms with van der Waals surface area (Å²) in [7, 11) is 0. The number of para-hydroxylation sites is 1. The summed E-state index contributed by atoms with van der Waals surface area (Å²) in [6.07, 6.45) is 1.01. The van der Waals surface area contributed by atoms with Gasteiger partial charge in [0.05, 0.1) is 18.3 Å². The topological polar surface area (TPSA) is 77.0 Å². The van der Waals surface area contributed by atoms with E-state index >= 15 is 0 Å². The maximum Gasteiger partial charge on any atom is 0.252 e. The van der Waals surface area contributed by atoms with E-state index in [1.54, 1.807) is 12.1 Å². The molecule has 3 N–H and O–H groups in total. The third-order valence-electron chi connectivity index (χ3n) is 3.30. The highest BCUT2D eigenvalue weighted by molar-refractivity contribution is 5.94. The van der Waals surface area contributed by atoms with E-state index in [0.29, 0.717) is 11.4 Å². The number of rotatable bonds is 6. The van der Waals surface area contributed by atoms with Crippen molar-refractivity contribution in [1.82, 2.24) is 10.6 Å². The van der Waals surface area contributed by atoms with E-state index in [1.807, 2.05) is 62.4 Å². The molecule has 0 aromatic heterocycles. The predicted molar refractivity (Wildman–Crippen MR) is 95.0 cm³/mol. The second kappa shape index (κ2) is 8.39. The molecule has 0 bridgehead atoms. The Bertz CT molecular complexity index is 745. The first kappa shape index (κ1) is 17.1. The summed E-state index contributed by atoms with van der Waals surface area (Å²) in [5.74, 6) is 0.339. The van der Waals surface area contributed by atoms with Crippen LogP contribution in [0.15, 0.2) is 66.5 Å². The average molecular weight is 320 g/mol. The normalized spacial score (nSPS) is 12.0. The van der Waals surface area contributed by atoms with Crippen LogP contribution in [0.1, 0.15) is 22.8 Å². The predicted octanol–water partition coefficient (Wildman–Crippen LogP) is 3.14. The Kier molecular flexibility index (Phi) is 5.98. The minimum Gasteiger partial charge on any atom is -0.351 e. The number of benzene rings is 2. The van der Waals surface area contributed by atoms with Gasteiger partial charge in [0.15, 0.2) is 0 Å². The van der Waals surface area contributed by atoms with Gasteiger partial charge in [0, 0.05) is 11.3 Å². The van der Waals surface area contributed by atoms with Crippen molar-refractivity contribution in [3.8, 4) is 6.07 Å². The lowest BCUT2D eigenvalue weighted by Crippen LogP contribution is -2.43. The number of carbonyl (C=O) groups is 1. The summed E-state index contributed by atoms with van der Waals surface area (Å²) in [5.41, 5.74) is 2.55. The summed E-state index contributed by atoms with van der Waals surface area (Å²) >= 11 is 0. The number of amides is 1. The van der Waals surface area contributed by atoms with E-state index in [-0.39, 0.29) is 12.1 Å². The van der Waals surface area contributed by atoms with Gasteiger partial charge in [-0.05, 0) is 38.1 Å². The van der Waals surface area contributed by atoms with Gasteiger partial charge in [-0.25, -0.2) is 0 Å². The van der Waals surface area contributed by atoms with Gasteiger partial charge in [-0.3, -0.25) is 4.79 Å². The van der Waals surface area contributed by atoms with Crippen LogP contribution >= 0.6 is 0 Å². The summed E-state index contributed by atoms with van der Waals surface area (Å²) in [5, 5.41) is 18.0. The minimum absolute atomic E-state index is 0.175. The Balaban J connectivity index is 1.97. The fourth-order valence-corrected chi connectivity index (χ4v) is 2.11. The van der Waals surface area contributed by atoms with Gasteiger partial charge in [0.1, 0.15) is 5.82 Å². The number of carbonyl (C=O) groups excluding carboxylic acids is 1. The number of nitrogens with zero attached hydrogens (tertiary/aromatic N) is 1. The molecule has 0 heterocycles. The second-order valence-electron chi connectivity index (χ2n) is 5.38. The molecule has 5 heteroatoms. The molecule has 1 atom stereocenters. The third-order valence-corrected chi connectivity index (χ3v) is 3.30. The van der Waals surface area contributed by atoms with Gasteiger partial charge in [-0.2, -0.15) is 5.26 Å². The zero-order chi connectivity index (χ0) is 17.4. The molecule has 0 fully saturated rings. The van der Waals surface area contributed by atoms with Crippen molar-refractivity contribution >= 4 is 11.6 Å². The average Bonchev–Trinajstić information content (AvgIpc) is 2.56. The molecule has 0 aliphatic heterocycles. The van der Waals surface area contributed by atoms with E-state index in [2.05, 4.69) is 16.0 Å². The van der Waals surface area contributed by atoms with E-state index in [4.69, 9.17) is 5.26 Å². The molecule has 0 spiro atoms. The number of aryl methyl sites for hydroxylation is 1. The molecule has 2 rings (SSSR count). The maximum absolute atomic E-state index is 12.2. The molecule has 2 aromatic rings. The van der Waals surface area contributed by atoms with E-state index < -0.39 is 0 Å². The van der Waals surface area contributed by atoms with Crippen LogP contribution in [-0.4, -0.2) is 12.1 Å². The lowest BCUT2D eigenvalue weighted by molar-refractivity contribution is 0.0936. The Labute approximate surface area is 142 Å². The Morgan fingerprint density at radius 3 is 2.38 bits per heavy atom.